The van der Waals surface area contributed by atoms with Crippen molar-refractivity contribution in [2.75, 3.05) is 12.9 Å². The summed E-state index contributed by atoms with van der Waals surface area (Å²) in [5, 5.41) is 3.81. The summed E-state index contributed by atoms with van der Waals surface area (Å²) < 4.78 is 4.75. The molecule has 0 aliphatic rings. The van der Waals surface area contributed by atoms with Gasteiger partial charge in [0.25, 0.3) is 0 Å². The highest BCUT2D eigenvalue weighted by atomic mass is 32.2. The zero-order valence-electron chi connectivity index (χ0n) is 10.2. The van der Waals surface area contributed by atoms with Crippen LogP contribution in [0.25, 0.3) is 0 Å². The summed E-state index contributed by atoms with van der Waals surface area (Å²) in [4.78, 5) is 19.7. The smallest absolute Gasteiger partial charge is 0.323 e. The lowest BCUT2D eigenvalue weighted by molar-refractivity contribution is -0.142. The molecule has 1 aromatic heterocycles. The average molecular weight is 255 g/mol. The summed E-state index contributed by atoms with van der Waals surface area (Å²) in [5.74, 6) is 0.289. The Kier molecular flexibility index (Phi) is 5.93. The number of hydrogen-bond donors (Lipinski definition) is 1. The molecule has 0 aromatic carbocycles. The third kappa shape index (κ3) is 5.14. The lowest BCUT2D eigenvalue weighted by Crippen LogP contribution is -2.43. The Morgan fingerprint density at radius 3 is 2.65 bits per heavy atom. The van der Waals surface area contributed by atoms with E-state index in [0.29, 0.717) is 10.9 Å². The van der Waals surface area contributed by atoms with Crippen molar-refractivity contribution in [2.24, 2.45) is 0 Å². The molecule has 94 valence electrons. The van der Waals surface area contributed by atoms with E-state index >= 15 is 0 Å². The molecular weight excluding hydrogens is 238 g/mol. The van der Waals surface area contributed by atoms with Gasteiger partial charge in [-0.05, 0) is 6.07 Å². The van der Waals surface area contributed by atoms with E-state index in [0.717, 1.165) is 0 Å². The van der Waals surface area contributed by atoms with Crippen molar-refractivity contribution < 1.29 is 9.53 Å². The van der Waals surface area contributed by atoms with E-state index in [2.05, 4.69) is 15.3 Å². The molecule has 0 bridgehead atoms. The van der Waals surface area contributed by atoms with Crippen molar-refractivity contribution >= 4 is 17.7 Å². The van der Waals surface area contributed by atoms with E-state index in [1.807, 2.05) is 13.8 Å². The molecule has 0 saturated carbocycles. The molecule has 0 aliphatic carbocycles. The fraction of sp³-hybridized carbons (Fsp3) is 0.545. The number of aromatic nitrogens is 2. The van der Waals surface area contributed by atoms with Crippen LogP contribution in [0.15, 0.2) is 23.6 Å². The fourth-order valence-electron chi connectivity index (χ4n) is 1.25. The minimum Gasteiger partial charge on any atom is -0.468 e. The number of carbonyl (C=O) groups excluding carboxylic acids is 1. The summed E-state index contributed by atoms with van der Waals surface area (Å²) in [5.41, 5.74) is 0. The maximum absolute atomic E-state index is 11.5. The predicted octanol–water partition coefficient (Wildman–Crippen LogP) is 1.11. The molecule has 1 rings (SSSR count). The van der Waals surface area contributed by atoms with Gasteiger partial charge in [0.2, 0.25) is 0 Å². The van der Waals surface area contributed by atoms with E-state index in [1.54, 1.807) is 18.5 Å². The number of thioether (sulfide) groups is 1. The van der Waals surface area contributed by atoms with E-state index in [9.17, 15) is 4.79 Å². The number of methoxy groups -OCH3 is 1. The molecule has 1 N–H and O–H groups in total. The van der Waals surface area contributed by atoms with Crippen LogP contribution in [0.2, 0.25) is 0 Å². The van der Waals surface area contributed by atoms with Gasteiger partial charge in [-0.3, -0.25) is 4.79 Å². The first-order valence-corrected chi connectivity index (χ1v) is 6.35. The van der Waals surface area contributed by atoms with Gasteiger partial charge in [0.1, 0.15) is 6.04 Å². The highest BCUT2D eigenvalue weighted by molar-refractivity contribution is 7.99. The fourth-order valence-corrected chi connectivity index (χ4v) is 2.07. The molecule has 17 heavy (non-hydrogen) atoms. The summed E-state index contributed by atoms with van der Waals surface area (Å²) in [6.07, 6.45) is 3.36. The van der Waals surface area contributed by atoms with Crippen molar-refractivity contribution in [1.82, 2.24) is 15.3 Å². The second-order valence-corrected chi connectivity index (χ2v) is 4.73. The van der Waals surface area contributed by atoms with E-state index in [1.165, 1.54) is 18.9 Å². The first-order valence-electron chi connectivity index (χ1n) is 5.37. The molecule has 0 saturated heterocycles. The minimum atomic E-state index is -0.339. The highest BCUT2D eigenvalue weighted by Gasteiger charge is 2.20. The topological polar surface area (TPSA) is 64.1 Å². The monoisotopic (exact) mass is 255 g/mol. The minimum absolute atomic E-state index is 0.219. The van der Waals surface area contributed by atoms with E-state index in [4.69, 9.17) is 4.74 Å². The van der Waals surface area contributed by atoms with Gasteiger partial charge >= 0.3 is 5.97 Å². The number of nitrogens with one attached hydrogen (secondary N) is 1. The first-order chi connectivity index (χ1) is 8.13. The molecule has 0 amide bonds. The second kappa shape index (κ2) is 7.24. The number of hydrogen-bond acceptors (Lipinski definition) is 6. The molecule has 1 aromatic rings. The van der Waals surface area contributed by atoms with Crippen molar-refractivity contribution in [3.05, 3.63) is 18.5 Å². The lowest BCUT2D eigenvalue weighted by Gasteiger charge is -2.18. The average Bonchev–Trinajstić information content (AvgIpc) is 2.34. The first kappa shape index (κ1) is 13.9. The Labute approximate surface area is 105 Å². The van der Waals surface area contributed by atoms with Crippen molar-refractivity contribution in [1.29, 1.82) is 0 Å². The summed E-state index contributed by atoms with van der Waals surface area (Å²) in [6, 6.07) is 1.64. The van der Waals surface area contributed by atoms with Crippen LogP contribution < -0.4 is 5.32 Å². The van der Waals surface area contributed by atoms with Gasteiger partial charge in [-0.25, -0.2) is 9.97 Å². The molecule has 6 heteroatoms. The quantitative estimate of drug-likeness (QED) is 0.467. The SMILES string of the molecule is COC(=O)C(CSc1ncccn1)NC(C)C. The predicted molar refractivity (Wildman–Crippen MR) is 66.8 cm³/mol. The third-order valence-corrected chi connectivity index (χ3v) is 2.91. The van der Waals surface area contributed by atoms with Crippen molar-refractivity contribution in [2.45, 2.75) is 31.1 Å². The molecule has 0 spiro atoms. The summed E-state index contributed by atoms with van der Waals surface area (Å²) >= 11 is 1.43. The Bertz CT molecular complexity index is 346. The number of carbonyl (C=O) groups is 1. The zero-order chi connectivity index (χ0) is 12.7. The third-order valence-electron chi connectivity index (χ3n) is 1.94. The maximum Gasteiger partial charge on any atom is 0.323 e. The molecule has 1 atom stereocenters. The van der Waals surface area contributed by atoms with Gasteiger partial charge in [0.05, 0.1) is 7.11 Å². The number of rotatable bonds is 6. The second-order valence-electron chi connectivity index (χ2n) is 3.74. The van der Waals surface area contributed by atoms with Crippen LogP contribution in [0.1, 0.15) is 13.8 Å². The van der Waals surface area contributed by atoms with Crippen LogP contribution in [0.3, 0.4) is 0 Å². The maximum atomic E-state index is 11.5. The van der Waals surface area contributed by atoms with Crippen molar-refractivity contribution in [3.63, 3.8) is 0 Å². The largest absolute Gasteiger partial charge is 0.468 e. The van der Waals surface area contributed by atoms with Gasteiger partial charge < -0.3 is 10.1 Å². The molecule has 5 nitrogen and oxygen atoms in total. The van der Waals surface area contributed by atoms with Crippen LogP contribution in [0.5, 0.6) is 0 Å². The number of nitrogens with zero attached hydrogens (tertiary/aromatic N) is 2. The standard InChI is InChI=1S/C11H17N3O2S/c1-8(2)14-9(10(15)16-3)7-17-11-12-5-4-6-13-11/h4-6,8-9,14H,7H2,1-3H3. The van der Waals surface area contributed by atoms with Gasteiger partial charge in [-0.1, -0.05) is 25.6 Å². The zero-order valence-corrected chi connectivity index (χ0v) is 11.0. The molecular formula is C11H17N3O2S. The van der Waals surface area contributed by atoms with Gasteiger partial charge in [-0.2, -0.15) is 0 Å². The lowest BCUT2D eigenvalue weighted by atomic mass is 10.3. The molecule has 0 aliphatic heterocycles. The van der Waals surface area contributed by atoms with E-state index in [-0.39, 0.29) is 18.1 Å². The Balaban J connectivity index is 2.52. The van der Waals surface area contributed by atoms with Crippen LogP contribution in [0.4, 0.5) is 0 Å². The van der Waals surface area contributed by atoms with Gasteiger partial charge in [-0.15, -0.1) is 0 Å². The highest BCUT2D eigenvalue weighted by Crippen LogP contribution is 2.13. The van der Waals surface area contributed by atoms with Crippen LogP contribution in [-0.4, -0.2) is 40.9 Å². The molecule has 0 radical (unpaired) electrons. The van der Waals surface area contributed by atoms with Crippen LogP contribution >= 0.6 is 11.8 Å². The Hall–Kier alpha value is -1.14. The number of esters is 1. The van der Waals surface area contributed by atoms with Crippen LogP contribution in [0, 0.1) is 0 Å². The normalized spacial score (nSPS) is 12.5. The summed E-state index contributed by atoms with van der Waals surface area (Å²) in [6.45, 7) is 3.97. The Morgan fingerprint density at radius 2 is 2.12 bits per heavy atom. The van der Waals surface area contributed by atoms with Gasteiger partial charge in [0, 0.05) is 24.2 Å². The summed E-state index contributed by atoms with van der Waals surface area (Å²) in [7, 11) is 1.39. The number of ether oxygens (including phenoxy) is 1. The van der Waals surface area contributed by atoms with E-state index < -0.39 is 0 Å². The Morgan fingerprint density at radius 1 is 1.47 bits per heavy atom. The molecule has 0 fully saturated rings. The molecule has 1 unspecified atom stereocenters. The molecule has 1 heterocycles. The van der Waals surface area contributed by atoms with Crippen LogP contribution in [-0.2, 0) is 9.53 Å². The van der Waals surface area contributed by atoms with Crippen molar-refractivity contribution in [3.8, 4) is 0 Å². The van der Waals surface area contributed by atoms with Gasteiger partial charge in [0.15, 0.2) is 5.16 Å².